The van der Waals surface area contributed by atoms with Gasteiger partial charge in [-0.2, -0.15) is 5.26 Å². The summed E-state index contributed by atoms with van der Waals surface area (Å²) in [5.74, 6) is 0. The van der Waals surface area contributed by atoms with Crippen molar-refractivity contribution in [3.8, 4) is 6.07 Å². The number of sulfonamides is 1. The first-order valence-electron chi connectivity index (χ1n) is 5.27. The highest BCUT2D eigenvalue weighted by Gasteiger charge is 2.20. The summed E-state index contributed by atoms with van der Waals surface area (Å²) in [5, 5.41) is 9.20. The van der Waals surface area contributed by atoms with Crippen molar-refractivity contribution in [2.75, 3.05) is 4.72 Å². The molecule has 1 heterocycles. The van der Waals surface area contributed by atoms with Crippen LogP contribution in [0.2, 0.25) is 10.0 Å². The summed E-state index contributed by atoms with van der Waals surface area (Å²) in [4.78, 5) is 3.48. The zero-order valence-corrected chi connectivity index (χ0v) is 12.2. The van der Waals surface area contributed by atoms with Gasteiger partial charge in [0.2, 0.25) is 0 Å². The second-order valence-corrected chi connectivity index (χ2v) is 6.10. The van der Waals surface area contributed by atoms with Crippen LogP contribution in [0.1, 0.15) is 5.69 Å². The monoisotopic (exact) mass is 327 g/mol. The van der Waals surface area contributed by atoms with Gasteiger partial charge in [-0.05, 0) is 24.3 Å². The molecule has 0 aliphatic heterocycles. The van der Waals surface area contributed by atoms with Gasteiger partial charge in [-0.25, -0.2) is 13.4 Å². The molecule has 0 unspecified atom stereocenters. The SMILES string of the molecule is N#Cc1ncccc1S(=O)(=O)Nc1cccc(Cl)c1Cl. The maximum Gasteiger partial charge on any atom is 0.264 e. The number of anilines is 1. The average Bonchev–Trinajstić information content (AvgIpc) is 2.43. The molecule has 0 spiro atoms. The number of benzene rings is 1. The molecular formula is C12H7Cl2N3O2S. The Labute approximate surface area is 125 Å². The first kappa shape index (κ1) is 14.6. The highest BCUT2D eigenvalue weighted by Crippen LogP contribution is 2.31. The van der Waals surface area contributed by atoms with Gasteiger partial charge < -0.3 is 0 Å². The maximum absolute atomic E-state index is 12.2. The van der Waals surface area contributed by atoms with Crippen LogP contribution >= 0.6 is 23.2 Å². The van der Waals surface area contributed by atoms with Crippen LogP contribution in [0.3, 0.4) is 0 Å². The summed E-state index contributed by atoms with van der Waals surface area (Å²) in [5.41, 5.74) is -0.0648. The van der Waals surface area contributed by atoms with E-state index in [1.54, 1.807) is 12.1 Å². The van der Waals surface area contributed by atoms with E-state index in [0.717, 1.165) is 0 Å². The van der Waals surface area contributed by atoms with Crippen molar-refractivity contribution in [2.45, 2.75) is 4.90 Å². The van der Waals surface area contributed by atoms with Crippen LogP contribution in [0.15, 0.2) is 41.4 Å². The van der Waals surface area contributed by atoms with Gasteiger partial charge in [-0.15, -0.1) is 0 Å². The van der Waals surface area contributed by atoms with Crippen molar-refractivity contribution in [3.63, 3.8) is 0 Å². The Morgan fingerprint density at radius 2 is 1.95 bits per heavy atom. The van der Waals surface area contributed by atoms with E-state index in [9.17, 15) is 8.42 Å². The van der Waals surface area contributed by atoms with Gasteiger partial charge >= 0.3 is 0 Å². The number of nitriles is 1. The molecule has 20 heavy (non-hydrogen) atoms. The predicted octanol–water partition coefficient (Wildman–Crippen LogP) is 3.06. The van der Waals surface area contributed by atoms with E-state index in [1.807, 2.05) is 0 Å². The van der Waals surface area contributed by atoms with Crippen molar-refractivity contribution in [2.24, 2.45) is 0 Å². The second kappa shape index (κ2) is 5.67. The fourth-order valence-corrected chi connectivity index (χ4v) is 3.06. The summed E-state index contributed by atoms with van der Waals surface area (Å²) in [6, 6.07) is 8.99. The van der Waals surface area contributed by atoms with Gasteiger partial charge in [-0.1, -0.05) is 29.3 Å². The number of pyridine rings is 1. The number of halogens is 2. The molecule has 0 saturated carbocycles. The molecule has 0 fully saturated rings. The Morgan fingerprint density at radius 1 is 1.20 bits per heavy atom. The maximum atomic E-state index is 12.2. The standard InChI is InChI=1S/C12H7Cl2N3O2S/c13-8-3-1-4-9(12(8)14)17-20(18,19)11-5-2-6-16-10(11)7-15/h1-6,17H. The van der Waals surface area contributed by atoms with Gasteiger partial charge in [0, 0.05) is 6.20 Å². The molecule has 2 rings (SSSR count). The molecule has 0 amide bonds. The summed E-state index contributed by atoms with van der Waals surface area (Å²) < 4.78 is 26.8. The van der Waals surface area contributed by atoms with E-state index in [0.29, 0.717) is 0 Å². The average molecular weight is 328 g/mol. The summed E-state index contributed by atoms with van der Waals surface area (Å²) in [7, 11) is -3.97. The summed E-state index contributed by atoms with van der Waals surface area (Å²) in [6.45, 7) is 0. The molecule has 1 aromatic carbocycles. The number of nitrogens with one attached hydrogen (secondary N) is 1. The number of hydrogen-bond acceptors (Lipinski definition) is 4. The minimum Gasteiger partial charge on any atom is -0.278 e. The van der Waals surface area contributed by atoms with Crippen molar-refractivity contribution < 1.29 is 8.42 Å². The lowest BCUT2D eigenvalue weighted by Gasteiger charge is -2.10. The molecule has 8 heteroatoms. The van der Waals surface area contributed by atoms with Crippen LogP contribution in [0.4, 0.5) is 5.69 Å². The lowest BCUT2D eigenvalue weighted by molar-refractivity contribution is 0.600. The van der Waals surface area contributed by atoms with Gasteiger partial charge in [-0.3, -0.25) is 4.72 Å². The van der Waals surface area contributed by atoms with E-state index in [2.05, 4.69) is 9.71 Å². The Bertz CT molecular complexity index is 801. The normalized spacial score (nSPS) is 10.8. The molecule has 1 N–H and O–H groups in total. The third kappa shape index (κ3) is 2.85. The smallest absolute Gasteiger partial charge is 0.264 e. The molecule has 0 aliphatic carbocycles. The Balaban J connectivity index is 2.47. The number of rotatable bonds is 3. The van der Waals surface area contributed by atoms with Crippen molar-refractivity contribution in [1.82, 2.24) is 4.98 Å². The van der Waals surface area contributed by atoms with Gasteiger partial charge in [0.1, 0.15) is 11.0 Å². The van der Waals surface area contributed by atoms with Crippen molar-refractivity contribution in [3.05, 3.63) is 52.3 Å². The fourth-order valence-electron chi connectivity index (χ4n) is 1.47. The lowest BCUT2D eigenvalue weighted by Crippen LogP contribution is -2.15. The largest absolute Gasteiger partial charge is 0.278 e. The van der Waals surface area contributed by atoms with E-state index in [1.165, 1.54) is 30.5 Å². The molecular weight excluding hydrogens is 321 g/mol. The number of nitrogens with zero attached hydrogens (tertiary/aromatic N) is 2. The van der Waals surface area contributed by atoms with E-state index < -0.39 is 10.0 Å². The molecule has 0 bridgehead atoms. The van der Waals surface area contributed by atoms with Crippen LogP contribution in [-0.4, -0.2) is 13.4 Å². The summed E-state index contributed by atoms with van der Waals surface area (Å²) >= 11 is 11.7. The van der Waals surface area contributed by atoms with Gasteiger partial charge in [0.15, 0.2) is 5.69 Å². The van der Waals surface area contributed by atoms with Crippen LogP contribution in [0.5, 0.6) is 0 Å². The Kier molecular flexibility index (Phi) is 4.14. The van der Waals surface area contributed by atoms with Crippen LogP contribution in [-0.2, 0) is 10.0 Å². The topological polar surface area (TPSA) is 82.8 Å². The molecule has 0 atom stereocenters. The van der Waals surface area contributed by atoms with E-state index >= 15 is 0 Å². The molecule has 0 aliphatic rings. The Morgan fingerprint density at radius 3 is 2.65 bits per heavy atom. The highest BCUT2D eigenvalue weighted by atomic mass is 35.5. The third-order valence-electron chi connectivity index (χ3n) is 2.36. The molecule has 1 aromatic heterocycles. The van der Waals surface area contributed by atoms with Crippen LogP contribution < -0.4 is 4.72 Å². The zero-order chi connectivity index (χ0) is 14.8. The summed E-state index contributed by atoms with van der Waals surface area (Å²) in [6.07, 6.45) is 1.34. The quantitative estimate of drug-likeness (QED) is 0.939. The molecule has 102 valence electrons. The van der Waals surface area contributed by atoms with Gasteiger partial charge in [0.05, 0.1) is 15.7 Å². The first-order chi connectivity index (χ1) is 9.45. The fraction of sp³-hybridized carbons (Fsp3) is 0. The van der Waals surface area contributed by atoms with Crippen molar-refractivity contribution >= 4 is 38.9 Å². The van der Waals surface area contributed by atoms with Crippen molar-refractivity contribution in [1.29, 1.82) is 5.26 Å². The lowest BCUT2D eigenvalue weighted by atomic mass is 10.3. The van der Waals surface area contributed by atoms with E-state index in [4.69, 9.17) is 28.5 Å². The minimum atomic E-state index is -3.97. The van der Waals surface area contributed by atoms with Gasteiger partial charge in [0.25, 0.3) is 10.0 Å². The van der Waals surface area contributed by atoms with Crippen LogP contribution in [0, 0.1) is 11.3 Å². The van der Waals surface area contributed by atoms with Crippen LogP contribution in [0.25, 0.3) is 0 Å². The highest BCUT2D eigenvalue weighted by molar-refractivity contribution is 7.92. The zero-order valence-electron chi connectivity index (χ0n) is 9.84. The molecule has 0 saturated heterocycles. The Hall–Kier alpha value is -1.81. The second-order valence-electron chi connectivity index (χ2n) is 3.67. The molecule has 2 aromatic rings. The molecule has 5 nitrogen and oxygen atoms in total. The minimum absolute atomic E-state index is 0.0835. The first-order valence-corrected chi connectivity index (χ1v) is 7.51. The third-order valence-corrected chi connectivity index (χ3v) is 4.58. The number of hydrogen-bond donors (Lipinski definition) is 1. The predicted molar refractivity (Wildman–Crippen MR) is 76.2 cm³/mol. The van der Waals surface area contributed by atoms with E-state index in [-0.39, 0.29) is 26.3 Å². The number of aromatic nitrogens is 1. The molecule has 0 radical (unpaired) electrons.